The monoisotopic (exact) mass is 422 g/mol. The normalized spacial score (nSPS) is 18.1. The van der Waals surface area contributed by atoms with Crippen molar-refractivity contribution < 1.29 is 13.2 Å². The minimum atomic E-state index is -3.44. The van der Waals surface area contributed by atoms with Crippen LogP contribution in [0.2, 0.25) is 0 Å². The van der Waals surface area contributed by atoms with Crippen molar-refractivity contribution in [3.63, 3.8) is 0 Å². The Hall–Kier alpha value is -0.440. The molecule has 1 amide bonds. The Kier molecular flexibility index (Phi) is 6.65. The number of carbonyl (C=O) groups excluding carboxylic acids is 1. The number of thiophene rings is 1. The Morgan fingerprint density at radius 2 is 1.96 bits per heavy atom. The van der Waals surface area contributed by atoms with E-state index in [1.165, 1.54) is 15.6 Å². The van der Waals surface area contributed by atoms with Gasteiger partial charge in [0.25, 0.3) is 10.0 Å². The molecule has 0 aromatic carbocycles. The van der Waals surface area contributed by atoms with E-state index in [0.29, 0.717) is 42.7 Å². The lowest BCUT2D eigenvalue weighted by atomic mass is 10.0. The zero-order valence-electron chi connectivity index (χ0n) is 13.5. The molecule has 1 aliphatic rings. The van der Waals surface area contributed by atoms with Crippen molar-refractivity contribution in [2.24, 2.45) is 5.92 Å². The smallest absolute Gasteiger partial charge is 0.252 e. The number of rotatable bonds is 6. The van der Waals surface area contributed by atoms with Gasteiger partial charge in [0, 0.05) is 32.6 Å². The maximum Gasteiger partial charge on any atom is 0.252 e. The summed E-state index contributed by atoms with van der Waals surface area (Å²) in [5.41, 5.74) is 0. The van der Waals surface area contributed by atoms with E-state index in [1.54, 1.807) is 17.0 Å². The highest BCUT2D eigenvalue weighted by atomic mass is 79.9. The summed E-state index contributed by atoms with van der Waals surface area (Å²) in [4.78, 5) is 14.1. The summed E-state index contributed by atoms with van der Waals surface area (Å²) in [5, 5.41) is 0. The molecule has 0 saturated carbocycles. The van der Waals surface area contributed by atoms with E-state index in [0.717, 1.165) is 16.6 Å². The Morgan fingerprint density at radius 1 is 1.30 bits per heavy atom. The van der Waals surface area contributed by atoms with Crippen molar-refractivity contribution in [2.75, 3.05) is 26.2 Å². The van der Waals surface area contributed by atoms with E-state index in [9.17, 15) is 13.2 Å². The van der Waals surface area contributed by atoms with Gasteiger partial charge in [-0.15, -0.1) is 11.3 Å². The molecular formula is C15H23BrN2O3S2. The molecule has 1 aromatic rings. The second-order valence-electron chi connectivity index (χ2n) is 5.94. The molecule has 130 valence electrons. The average molecular weight is 423 g/mol. The zero-order chi connectivity index (χ0) is 17.0. The fourth-order valence-corrected chi connectivity index (χ4v) is 6.35. The molecule has 1 atom stereocenters. The van der Waals surface area contributed by atoms with Crippen LogP contribution < -0.4 is 0 Å². The van der Waals surface area contributed by atoms with E-state index >= 15 is 0 Å². The summed E-state index contributed by atoms with van der Waals surface area (Å²) >= 11 is 4.51. The van der Waals surface area contributed by atoms with Gasteiger partial charge < -0.3 is 4.90 Å². The van der Waals surface area contributed by atoms with Crippen LogP contribution in [0.4, 0.5) is 0 Å². The minimum absolute atomic E-state index is 0.141. The van der Waals surface area contributed by atoms with Crippen molar-refractivity contribution in [1.29, 1.82) is 0 Å². The number of piperazine rings is 1. The Morgan fingerprint density at radius 3 is 2.48 bits per heavy atom. The van der Waals surface area contributed by atoms with Crippen LogP contribution in [0.3, 0.4) is 0 Å². The molecule has 0 aliphatic carbocycles. The van der Waals surface area contributed by atoms with Crippen molar-refractivity contribution in [2.45, 2.75) is 37.3 Å². The van der Waals surface area contributed by atoms with Crippen molar-refractivity contribution in [1.82, 2.24) is 9.21 Å². The van der Waals surface area contributed by atoms with Crippen LogP contribution in [-0.2, 0) is 14.8 Å². The molecule has 1 saturated heterocycles. The van der Waals surface area contributed by atoms with Crippen molar-refractivity contribution >= 4 is 43.2 Å². The largest absolute Gasteiger partial charge is 0.340 e. The maximum absolute atomic E-state index is 12.6. The zero-order valence-corrected chi connectivity index (χ0v) is 16.7. The van der Waals surface area contributed by atoms with Crippen molar-refractivity contribution in [3.05, 3.63) is 15.9 Å². The summed E-state index contributed by atoms with van der Waals surface area (Å²) in [5.74, 6) is 0.527. The predicted molar refractivity (Wildman–Crippen MR) is 96.0 cm³/mol. The van der Waals surface area contributed by atoms with Crippen LogP contribution in [-0.4, -0.2) is 49.7 Å². The summed E-state index contributed by atoms with van der Waals surface area (Å²) in [6.45, 7) is 5.90. The summed E-state index contributed by atoms with van der Waals surface area (Å²) in [7, 11) is -3.44. The van der Waals surface area contributed by atoms with Gasteiger partial charge in [0.15, 0.2) is 0 Å². The quantitative estimate of drug-likeness (QED) is 0.706. The van der Waals surface area contributed by atoms with Gasteiger partial charge in [-0.25, -0.2) is 8.42 Å². The third kappa shape index (κ3) is 4.78. The van der Waals surface area contributed by atoms with Gasteiger partial charge >= 0.3 is 0 Å². The first kappa shape index (κ1) is 18.9. The molecule has 1 aromatic heterocycles. The molecule has 1 fully saturated rings. The highest BCUT2D eigenvalue weighted by molar-refractivity contribution is 9.11. The maximum atomic E-state index is 12.6. The van der Waals surface area contributed by atoms with Gasteiger partial charge in [0.05, 0.1) is 3.79 Å². The lowest BCUT2D eigenvalue weighted by Gasteiger charge is -2.34. The van der Waals surface area contributed by atoms with Crippen LogP contribution in [0.5, 0.6) is 0 Å². The van der Waals surface area contributed by atoms with Crippen LogP contribution in [0.1, 0.15) is 33.1 Å². The lowest BCUT2D eigenvalue weighted by Crippen LogP contribution is -2.50. The number of carbonyl (C=O) groups is 1. The number of halogens is 1. The van der Waals surface area contributed by atoms with Crippen LogP contribution in [0.15, 0.2) is 20.1 Å². The molecular weight excluding hydrogens is 400 g/mol. The number of hydrogen-bond donors (Lipinski definition) is 0. The van der Waals surface area contributed by atoms with Gasteiger partial charge in [0.2, 0.25) is 5.91 Å². The van der Waals surface area contributed by atoms with Crippen LogP contribution >= 0.6 is 27.3 Å². The minimum Gasteiger partial charge on any atom is -0.340 e. The van der Waals surface area contributed by atoms with Crippen LogP contribution in [0.25, 0.3) is 0 Å². The van der Waals surface area contributed by atoms with Gasteiger partial charge in [-0.2, -0.15) is 4.31 Å². The third-order valence-corrected chi connectivity index (χ3v) is 8.03. The Labute approximate surface area is 150 Å². The number of hydrogen-bond acceptors (Lipinski definition) is 4. The SMILES string of the molecule is CCCC(C)CC(=O)N1CCN(S(=O)(=O)c2ccc(Br)s2)CC1. The number of nitrogens with zero attached hydrogens (tertiary/aromatic N) is 2. The van der Waals surface area contributed by atoms with E-state index in [2.05, 4.69) is 29.8 Å². The first-order chi connectivity index (χ1) is 10.8. The van der Waals surface area contributed by atoms with E-state index in [-0.39, 0.29) is 5.91 Å². The average Bonchev–Trinajstić information content (AvgIpc) is 2.95. The Bertz CT molecular complexity index is 637. The highest BCUT2D eigenvalue weighted by Crippen LogP contribution is 2.29. The molecule has 5 nitrogen and oxygen atoms in total. The molecule has 0 spiro atoms. The molecule has 23 heavy (non-hydrogen) atoms. The molecule has 0 bridgehead atoms. The topological polar surface area (TPSA) is 57.7 Å². The van der Waals surface area contributed by atoms with Gasteiger partial charge in [-0.1, -0.05) is 26.7 Å². The third-order valence-electron chi connectivity index (χ3n) is 4.04. The second-order valence-corrected chi connectivity index (χ2v) is 10.6. The van der Waals surface area contributed by atoms with E-state index in [4.69, 9.17) is 0 Å². The first-order valence-electron chi connectivity index (χ1n) is 7.88. The number of sulfonamides is 1. The predicted octanol–water partition coefficient (Wildman–Crippen LogP) is 3.17. The summed E-state index contributed by atoms with van der Waals surface area (Å²) < 4.78 is 27.7. The van der Waals surface area contributed by atoms with E-state index in [1.807, 2.05) is 0 Å². The van der Waals surface area contributed by atoms with Gasteiger partial charge in [-0.05, 0) is 34.0 Å². The summed E-state index contributed by atoms with van der Waals surface area (Å²) in [6.07, 6.45) is 2.68. The second kappa shape index (κ2) is 8.09. The molecule has 2 rings (SSSR count). The summed E-state index contributed by atoms with van der Waals surface area (Å²) in [6, 6.07) is 3.36. The molecule has 0 N–H and O–H groups in total. The standard InChI is InChI=1S/C15H23BrN2O3S2/c1-3-4-12(2)11-14(19)17-7-9-18(10-8-17)23(20,21)15-6-5-13(16)22-15/h5-6,12H,3-4,7-11H2,1-2H3. The molecule has 0 radical (unpaired) electrons. The first-order valence-corrected chi connectivity index (χ1v) is 10.9. The number of amides is 1. The highest BCUT2D eigenvalue weighted by Gasteiger charge is 2.31. The van der Waals surface area contributed by atoms with Gasteiger partial charge in [0.1, 0.15) is 4.21 Å². The van der Waals surface area contributed by atoms with Crippen LogP contribution in [0, 0.1) is 5.92 Å². The molecule has 2 heterocycles. The lowest BCUT2D eigenvalue weighted by molar-refractivity contribution is -0.133. The van der Waals surface area contributed by atoms with Crippen molar-refractivity contribution in [3.8, 4) is 0 Å². The van der Waals surface area contributed by atoms with E-state index < -0.39 is 10.0 Å². The fraction of sp³-hybridized carbons (Fsp3) is 0.667. The van der Waals surface area contributed by atoms with Gasteiger partial charge in [-0.3, -0.25) is 4.79 Å². The Balaban J connectivity index is 1.92. The molecule has 1 aliphatic heterocycles. The molecule has 8 heteroatoms. The molecule has 1 unspecified atom stereocenters. The fourth-order valence-electron chi connectivity index (χ4n) is 2.76.